The molecule has 2 rings (SSSR count). The molecule has 0 spiro atoms. The Morgan fingerprint density at radius 2 is 2.00 bits per heavy atom. The van der Waals surface area contributed by atoms with Crippen molar-refractivity contribution in [3.05, 3.63) is 18.0 Å². The predicted octanol–water partition coefficient (Wildman–Crippen LogP) is 0.724. The standard InChI is InChI=1S/C15H24N4O2/c1-10-13(20)17-12(15(2,3)4)14(21)19(10)9-7-11-6-8-16-18(11)5/h6,8,10,12H,7,9H2,1-5H3,(H,17,20). The number of rotatable bonds is 3. The molecule has 2 atom stereocenters. The van der Waals surface area contributed by atoms with Crippen LogP contribution in [0.3, 0.4) is 0 Å². The van der Waals surface area contributed by atoms with Gasteiger partial charge in [0.2, 0.25) is 11.8 Å². The third kappa shape index (κ3) is 3.09. The number of nitrogens with one attached hydrogen (secondary N) is 1. The van der Waals surface area contributed by atoms with E-state index in [0.29, 0.717) is 13.0 Å². The van der Waals surface area contributed by atoms with E-state index in [4.69, 9.17) is 0 Å². The third-order valence-electron chi connectivity index (χ3n) is 4.06. The highest BCUT2D eigenvalue weighted by Crippen LogP contribution is 2.25. The molecule has 21 heavy (non-hydrogen) atoms. The summed E-state index contributed by atoms with van der Waals surface area (Å²) in [5.74, 6) is -0.0868. The van der Waals surface area contributed by atoms with Crippen LogP contribution in [0.15, 0.2) is 12.3 Å². The summed E-state index contributed by atoms with van der Waals surface area (Å²) in [7, 11) is 1.88. The average Bonchev–Trinajstić information content (AvgIpc) is 2.78. The van der Waals surface area contributed by atoms with E-state index in [9.17, 15) is 9.59 Å². The molecule has 0 aliphatic carbocycles. The Hall–Kier alpha value is -1.85. The molecule has 2 heterocycles. The van der Waals surface area contributed by atoms with Gasteiger partial charge in [-0.15, -0.1) is 0 Å². The molecule has 116 valence electrons. The quantitative estimate of drug-likeness (QED) is 0.893. The van der Waals surface area contributed by atoms with Crippen molar-refractivity contribution in [1.82, 2.24) is 20.0 Å². The van der Waals surface area contributed by atoms with E-state index >= 15 is 0 Å². The van der Waals surface area contributed by atoms with Crippen molar-refractivity contribution in [2.24, 2.45) is 12.5 Å². The van der Waals surface area contributed by atoms with E-state index in [1.807, 2.05) is 33.9 Å². The SMILES string of the molecule is CC1C(=O)NC(C(C)(C)C)C(=O)N1CCc1ccnn1C. The average molecular weight is 292 g/mol. The summed E-state index contributed by atoms with van der Waals surface area (Å²) in [6.07, 6.45) is 2.43. The zero-order chi connectivity index (χ0) is 15.8. The maximum Gasteiger partial charge on any atom is 0.246 e. The minimum absolute atomic E-state index is 0.00299. The second-order valence-corrected chi connectivity index (χ2v) is 6.71. The van der Waals surface area contributed by atoms with Crippen LogP contribution in [-0.2, 0) is 23.1 Å². The molecule has 6 nitrogen and oxygen atoms in total. The number of piperazine rings is 1. The second kappa shape index (κ2) is 5.50. The van der Waals surface area contributed by atoms with E-state index in [-0.39, 0.29) is 17.2 Å². The number of aryl methyl sites for hydroxylation is 1. The maximum absolute atomic E-state index is 12.7. The van der Waals surface area contributed by atoms with Gasteiger partial charge in [-0.1, -0.05) is 20.8 Å². The summed E-state index contributed by atoms with van der Waals surface area (Å²) in [5.41, 5.74) is 0.755. The van der Waals surface area contributed by atoms with Crippen molar-refractivity contribution in [2.75, 3.05) is 6.54 Å². The minimum Gasteiger partial charge on any atom is -0.342 e. The molecule has 2 amide bonds. The number of nitrogens with zero attached hydrogens (tertiary/aromatic N) is 3. The van der Waals surface area contributed by atoms with Crippen molar-refractivity contribution in [3.8, 4) is 0 Å². The molecule has 1 aliphatic rings. The molecule has 1 aromatic rings. The van der Waals surface area contributed by atoms with Crippen molar-refractivity contribution >= 4 is 11.8 Å². The summed E-state index contributed by atoms with van der Waals surface area (Å²) in [4.78, 5) is 26.5. The van der Waals surface area contributed by atoms with Crippen molar-refractivity contribution in [3.63, 3.8) is 0 Å². The summed E-state index contributed by atoms with van der Waals surface area (Å²) >= 11 is 0. The molecule has 1 aromatic heterocycles. The molecule has 1 fully saturated rings. The fourth-order valence-corrected chi connectivity index (χ4v) is 2.60. The van der Waals surface area contributed by atoms with Gasteiger partial charge in [-0.25, -0.2) is 0 Å². The van der Waals surface area contributed by atoms with Gasteiger partial charge in [0.05, 0.1) is 0 Å². The first-order chi connectivity index (χ1) is 9.71. The van der Waals surface area contributed by atoms with Crippen LogP contribution in [0, 0.1) is 5.41 Å². The van der Waals surface area contributed by atoms with Gasteiger partial charge >= 0.3 is 0 Å². The number of hydrogen-bond acceptors (Lipinski definition) is 3. The van der Waals surface area contributed by atoms with Crippen LogP contribution >= 0.6 is 0 Å². The van der Waals surface area contributed by atoms with Crippen LogP contribution in [-0.4, -0.2) is 45.1 Å². The molecule has 6 heteroatoms. The van der Waals surface area contributed by atoms with E-state index in [1.54, 1.807) is 22.7 Å². The Balaban J connectivity index is 2.14. The Morgan fingerprint density at radius 1 is 1.33 bits per heavy atom. The van der Waals surface area contributed by atoms with Gasteiger partial charge in [0.15, 0.2) is 0 Å². The highest BCUT2D eigenvalue weighted by Gasteiger charge is 2.43. The fraction of sp³-hybridized carbons (Fsp3) is 0.667. The van der Waals surface area contributed by atoms with Crippen LogP contribution in [0.5, 0.6) is 0 Å². The topological polar surface area (TPSA) is 67.2 Å². The Labute approximate surface area is 125 Å². The lowest BCUT2D eigenvalue weighted by Gasteiger charge is -2.42. The number of amides is 2. The van der Waals surface area contributed by atoms with E-state index in [2.05, 4.69) is 10.4 Å². The lowest BCUT2D eigenvalue weighted by molar-refractivity contribution is -0.151. The molecule has 2 unspecified atom stereocenters. The van der Waals surface area contributed by atoms with E-state index in [0.717, 1.165) is 5.69 Å². The van der Waals surface area contributed by atoms with Crippen LogP contribution in [0.2, 0.25) is 0 Å². The number of aromatic nitrogens is 2. The summed E-state index contributed by atoms with van der Waals surface area (Å²) < 4.78 is 1.79. The van der Waals surface area contributed by atoms with Gasteiger partial charge < -0.3 is 10.2 Å². The monoisotopic (exact) mass is 292 g/mol. The van der Waals surface area contributed by atoms with Gasteiger partial charge in [0.25, 0.3) is 0 Å². The van der Waals surface area contributed by atoms with Crippen LogP contribution in [0.4, 0.5) is 0 Å². The molecule has 1 N–H and O–H groups in total. The van der Waals surface area contributed by atoms with Gasteiger partial charge in [0.1, 0.15) is 12.1 Å². The molecule has 0 radical (unpaired) electrons. The number of hydrogen-bond donors (Lipinski definition) is 1. The highest BCUT2D eigenvalue weighted by atomic mass is 16.2. The van der Waals surface area contributed by atoms with Crippen LogP contribution in [0.25, 0.3) is 0 Å². The fourth-order valence-electron chi connectivity index (χ4n) is 2.60. The first-order valence-corrected chi connectivity index (χ1v) is 7.29. The van der Waals surface area contributed by atoms with Gasteiger partial charge in [-0.05, 0) is 18.4 Å². The number of carbonyl (C=O) groups excluding carboxylic acids is 2. The molecule has 1 aliphatic heterocycles. The highest BCUT2D eigenvalue weighted by molar-refractivity contribution is 5.97. The summed E-state index contributed by atoms with van der Waals surface area (Å²) in [5, 5.41) is 6.96. The largest absolute Gasteiger partial charge is 0.342 e. The van der Waals surface area contributed by atoms with Gasteiger partial charge in [0, 0.05) is 31.9 Å². The summed E-state index contributed by atoms with van der Waals surface area (Å²) in [6, 6.07) is 1.04. The molecule has 0 aromatic carbocycles. The normalized spacial score (nSPS) is 23.4. The zero-order valence-corrected chi connectivity index (χ0v) is 13.4. The van der Waals surface area contributed by atoms with Crippen LogP contribution in [0.1, 0.15) is 33.4 Å². The van der Waals surface area contributed by atoms with E-state index < -0.39 is 12.1 Å². The summed E-state index contributed by atoms with van der Waals surface area (Å²) in [6.45, 7) is 8.19. The lowest BCUT2D eigenvalue weighted by atomic mass is 9.84. The second-order valence-electron chi connectivity index (χ2n) is 6.71. The Kier molecular flexibility index (Phi) is 4.07. The van der Waals surface area contributed by atoms with Gasteiger partial charge in [-0.2, -0.15) is 5.10 Å². The van der Waals surface area contributed by atoms with Crippen molar-refractivity contribution in [1.29, 1.82) is 0 Å². The lowest BCUT2D eigenvalue weighted by Crippen LogP contribution is -2.66. The minimum atomic E-state index is -0.465. The maximum atomic E-state index is 12.7. The van der Waals surface area contributed by atoms with E-state index in [1.165, 1.54) is 0 Å². The predicted molar refractivity (Wildman–Crippen MR) is 79.5 cm³/mol. The van der Waals surface area contributed by atoms with Gasteiger partial charge in [-0.3, -0.25) is 14.3 Å². The molecule has 0 saturated carbocycles. The molecule has 1 saturated heterocycles. The molecular weight excluding hydrogens is 268 g/mol. The first kappa shape index (κ1) is 15.5. The Morgan fingerprint density at radius 3 is 2.52 bits per heavy atom. The molecule has 0 bridgehead atoms. The zero-order valence-electron chi connectivity index (χ0n) is 13.4. The Bertz CT molecular complexity index is 544. The first-order valence-electron chi connectivity index (χ1n) is 7.29. The van der Waals surface area contributed by atoms with Crippen LogP contribution < -0.4 is 5.32 Å². The number of carbonyl (C=O) groups is 2. The van der Waals surface area contributed by atoms with Crippen molar-refractivity contribution in [2.45, 2.75) is 46.2 Å². The smallest absolute Gasteiger partial charge is 0.246 e. The third-order valence-corrected chi connectivity index (χ3v) is 4.06. The van der Waals surface area contributed by atoms with Crippen molar-refractivity contribution < 1.29 is 9.59 Å². The molecular formula is C15H24N4O2.